The Hall–Kier alpha value is -3.92. The lowest BCUT2D eigenvalue weighted by atomic mass is 10.1. The van der Waals surface area contributed by atoms with Crippen LogP contribution in [-0.2, 0) is 0 Å². The number of aromatic amines is 1. The number of fused-ring (bicyclic) bond motifs is 1. The average Bonchev–Trinajstić information content (AvgIpc) is 3.30. The second-order valence-electron chi connectivity index (χ2n) is 5.61. The van der Waals surface area contributed by atoms with Crippen molar-refractivity contribution in [1.29, 1.82) is 5.26 Å². The number of hydrogen-bond acceptors (Lipinski definition) is 4. The van der Waals surface area contributed by atoms with E-state index in [2.05, 4.69) is 15.5 Å². The van der Waals surface area contributed by atoms with Gasteiger partial charge in [-0.2, -0.15) is 10.4 Å². The monoisotopic (exact) mass is 346 g/mol. The maximum atomic E-state index is 14.0. The van der Waals surface area contributed by atoms with E-state index in [1.807, 2.05) is 6.07 Å². The minimum atomic E-state index is -0.745. The minimum absolute atomic E-state index is 0.133. The second-order valence-corrected chi connectivity index (χ2v) is 5.61. The summed E-state index contributed by atoms with van der Waals surface area (Å²) in [5.74, 6) is -1.34. The molecule has 0 unspecified atom stereocenters. The minimum Gasteiger partial charge on any atom is -0.472 e. The summed E-state index contributed by atoms with van der Waals surface area (Å²) in [5, 5.41) is 19.4. The van der Waals surface area contributed by atoms with Crippen molar-refractivity contribution in [3.05, 3.63) is 71.9 Å². The van der Waals surface area contributed by atoms with Crippen LogP contribution < -0.4 is 5.32 Å². The van der Waals surface area contributed by atoms with E-state index in [0.717, 1.165) is 22.5 Å². The number of hydrogen-bond donors (Lipinski definition) is 2. The second kappa shape index (κ2) is 6.18. The molecule has 2 aromatic heterocycles. The molecule has 4 aromatic rings. The number of anilines is 1. The van der Waals surface area contributed by atoms with E-state index in [1.54, 1.807) is 36.8 Å². The van der Waals surface area contributed by atoms with Gasteiger partial charge in [0.1, 0.15) is 11.5 Å². The maximum absolute atomic E-state index is 14.0. The summed E-state index contributed by atoms with van der Waals surface area (Å²) in [5.41, 5.74) is 2.81. The molecule has 1 amide bonds. The largest absolute Gasteiger partial charge is 0.472 e. The fraction of sp³-hybridized carbons (Fsp3) is 0. The Morgan fingerprint density at radius 1 is 1.23 bits per heavy atom. The SMILES string of the molecule is N#Cc1ccc(C(=O)Nc2ccc3[nH]nc(-c4ccoc4)c3c2)c(F)c1. The highest BCUT2D eigenvalue weighted by molar-refractivity contribution is 6.06. The van der Waals surface area contributed by atoms with Crippen LogP contribution in [0.25, 0.3) is 22.2 Å². The topological polar surface area (TPSA) is 94.7 Å². The summed E-state index contributed by atoms with van der Waals surface area (Å²) >= 11 is 0. The molecule has 4 rings (SSSR count). The zero-order valence-corrected chi connectivity index (χ0v) is 13.3. The highest BCUT2D eigenvalue weighted by atomic mass is 19.1. The summed E-state index contributed by atoms with van der Waals surface area (Å²) in [4.78, 5) is 12.4. The lowest BCUT2D eigenvalue weighted by Gasteiger charge is -2.07. The van der Waals surface area contributed by atoms with Gasteiger partial charge in [-0.15, -0.1) is 0 Å². The number of H-pyrrole nitrogens is 1. The first-order chi connectivity index (χ1) is 12.7. The normalized spacial score (nSPS) is 10.6. The van der Waals surface area contributed by atoms with Crippen molar-refractivity contribution < 1.29 is 13.6 Å². The Balaban J connectivity index is 1.66. The molecule has 126 valence electrons. The van der Waals surface area contributed by atoms with E-state index in [-0.39, 0.29) is 11.1 Å². The molecule has 0 atom stereocenters. The summed E-state index contributed by atoms with van der Waals surface area (Å²) in [6, 6.07) is 12.6. The Morgan fingerprint density at radius 3 is 2.85 bits per heavy atom. The van der Waals surface area contributed by atoms with Gasteiger partial charge in [0.05, 0.1) is 35.2 Å². The molecule has 0 aliphatic rings. The van der Waals surface area contributed by atoms with Crippen molar-refractivity contribution in [3.63, 3.8) is 0 Å². The molecule has 0 radical (unpaired) electrons. The van der Waals surface area contributed by atoms with E-state index in [0.29, 0.717) is 11.4 Å². The zero-order chi connectivity index (χ0) is 18.1. The molecule has 0 aliphatic carbocycles. The number of furan rings is 1. The molecule has 6 nitrogen and oxygen atoms in total. The lowest BCUT2D eigenvalue weighted by molar-refractivity contribution is 0.102. The Bertz CT molecular complexity index is 1160. The highest BCUT2D eigenvalue weighted by Crippen LogP contribution is 2.29. The molecular weight excluding hydrogens is 335 g/mol. The van der Waals surface area contributed by atoms with E-state index < -0.39 is 11.7 Å². The fourth-order valence-corrected chi connectivity index (χ4v) is 2.68. The van der Waals surface area contributed by atoms with E-state index in [4.69, 9.17) is 9.68 Å². The number of halogens is 1. The van der Waals surface area contributed by atoms with Gasteiger partial charge in [-0.3, -0.25) is 9.89 Å². The molecule has 0 spiro atoms. The number of nitrogens with one attached hydrogen (secondary N) is 2. The summed E-state index contributed by atoms with van der Waals surface area (Å²) in [6.07, 6.45) is 3.13. The Morgan fingerprint density at radius 2 is 2.12 bits per heavy atom. The van der Waals surface area contributed by atoms with Gasteiger partial charge in [0, 0.05) is 16.6 Å². The Kier molecular flexibility index (Phi) is 3.71. The van der Waals surface area contributed by atoms with Gasteiger partial charge >= 0.3 is 0 Å². The molecule has 2 heterocycles. The molecule has 2 N–H and O–H groups in total. The number of nitriles is 1. The smallest absolute Gasteiger partial charge is 0.258 e. The van der Waals surface area contributed by atoms with Crippen molar-refractivity contribution >= 4 is 22.5 Å². The van der Waals surface area contributed by atoms with Gasteiger partial charge in [0.15, 0.2) is 0 Å². The molecule has 26 heavy (non-hydrogen) atoms. The van der Waals surface area contributed by atoms with Crippen molar-refractivity contribution in [3.8, 4) is 17.3 Å². The molecule has 0 aliphatic heterocycles. The van der Waals surface area contributed by atoms with Gasteiger partial charge in [0.25, 0.3) is 5.91 Å². The number of benzene rings is 2. The number of aromatic nitrogens is 2. The third kappa shape index (κ3) is 2.70. The third-order valence-electron chi connectivity index (χ3n) is 3.96. The van der Waals surface area contributed by atoms with Crippen LogP contribution in [0, 0.1) is 17.1 Å². The van der Waals surface area contributed by atoms with Crippen molar-refractivity contribution in [2.24, 2.45) is 0 Å². The molecule has 0 fully saturated rings. The van der Waals surface area contributed by atoms with Crippen LogP contribution in [0.15, 0.2) is 59.4 Å². The van der Waals surface area contributed by atoms with Crippen molar-refractivity contribution in [2.45, 2.75) is 0 Å². The molecule has 7 heteroatoms. The lowest BCUT2D eigenvalue weighted by Crippen LogP contribution is -2.13. The number of nitrogens with zero attached hydrogens (tertiary/aromatic N) is 2. The summed E-state index contributed by atoms with van der Waals surface area (Å²) in [7, 11) is 0. The summed E-state index contributed by atoms with van der Waals surface area (Å²) < 4.78 is 19.1. The van der Waals surface area contributed by atoms with Crippen LogP contribution in [0.1, 0.15) is 15.9 Å². The standard InChI is InChI=1S/C19H11FN4O2/c20-16-7-11(9-21)1-3-14(16)19(25)22-13-2-4-17-15(8-13)18(24-23-17)12-5-6-26-10-12/h1-8,10H,(H,22,25)(H,23,24). The number of rotatable bonds is 3. The van der Waals surface area contributed by atoms with Gasteiger partial charge in [-0.1, -0.05) is 0 Å². The zero-order valence-electron chi connectivity index (χ0n) is 13.3. The van der Waals surface area contributed by atoms with Crippen LogP contribution in [0.3, 0.4) is 0 Å². The highest BCUT2D eigenvalue weighted by Gasteiger charge is 2.14. The van der Waals surface area contributed by atoms with Gasteiger partial charge in [0.2, 0.25) is 0 Å². The molecule has 0 saturated carbocycles. The first kappa shape index (κ1) is 15.6. The number of carbonyl (C=O) groups is 1. The maximum Gasteiger partial charge on any atom is 0.258 e. The van der Waals surface area contributed by atoms with Gasteiger partial charge < -0.3 is 9.73 Å². The first-order valence-electron chi connectivity index (χ1n) is 7.67. The van der Waals surface area contributed by atoms with Crippen LogP contribution in [0.4, 0.5) is 10.1 Å². The summed E-state index contributed by atoms with van der Waals surface area (Å²) in [6.45, 7) is 0. The molecule has 0 saturated heterocycles. The van der Waals surface area contributed by atoms with Crippen molar-refractivity contribution in [1.82, 2.24) is 10.2 Å². The predicted octanol–water partition coefficient (Wildman–Crippen LogP) is 4.09. The number of carbonyl (C=O) groups excluding carboxylic acids is 1. The third-order valence-corrected chi connectivity index (χ3v) is 3.96. The first-order valence-corrected chi connectivity index (χ1v) is 7.67. The van der Waals surface area contributed by atoms with Crippen LogP contribution in [0.2, 0.25) is 0 Å². The molecule has 0 bridgehead atoms. The quantitative estimate of drug-likeness (QED) is 0.584. The van der Waals surface area contributed by atoms with E-state index >= 15 is 0 Å². The van der Waals surface area contributed by atoms with E-state index in [1.165, 1.54) is 12.1 Å². The van der Waals surface area contributed by atoms with E-state index in [9.17, 15) is 9.18 Å². The van der Waals surface area contributed by atoms with Crippen LogP contribution >= 0.6 is 0 Å². The van der Waals surface area contributed by atoms with Crippen molar-refractivity contribution in [2.75, 3.05) is 5.32 Å². The van der Waals surface area contributed by atoms with Crippen LogP contribution in [0.5, 0.6) is 0 Å². The molecule has 2 aromatic carbocycles. The molecular formula is C19H11FN4O2. The number of amides is 1. The van der Waals surface area contributed by atoms with Gasteiger partial charge in [-0.05, 0) is 42.5 Å². The Labute approximate surface area is 146 Å². The fourth-order valence-electron chi connectivity index (χ4n) is 2.68. The van der Waals surface area contributed by atoms with Gasteiger partial charge in [-0.25, -0.2) is 4.39 Å². The van der Waals surface area contributed by atoms with Crippen LogP contribution in [-0.4, -0.2) is 16.1 Å². The predicted molar refractivity (Wildman–Crippen MR) is 92.9 cm³/mol. The average molecular weight is 346 g/mol.